The molecule has 0 heterocycles. The summed E-state index contributed by atoms with van der Waals surface area (Å²) in [6, 6.07) is 0. The summed E-state index contributed by atoms with van der Waals surface area (Å²) in [4.78, 5) is 58.9. The molecule has 0 fully saturated rings. The van der Waals surface area contributed by atoms with E-state index < -0.39 is 91.5 Å². The van der Waals surface area contributed by atoms with Gasteiger partial charge in [0.2, 0.25) is 0 Å². The largest absolute Gasteiger partial charge is 0.472 e. The van der Waals surface area contributed by atoms with Crippen LogP contribution in [0, 0.1) is 0 Å². The van der Waals surface area contributed by atoms with Crippen LogP contribution in [-0.2, 0) is 55.8 Å². The van der Waals surface area contributed by atoms with E-state index in [1.165, 1.54) is 186 Å². The van der Waals surface area contributed by atoms with E-state index in [0.717, 1.165) is 148 Å². The molecule has 0 aliphatic heterocycles. The van der Waals surface area contributed by atoms with Crippen molar-refractivity contribution >= 4 is 33.6 Å². The molecule has 652 valence electrons. The van der Waals surface area contributed by atoms with Gasteiger partial charge in [-0.25, -0.2) is 9.13 Å². The van der Waals surface area contributed by atoms with Crippen LogP contribution in [0.2, 0.25) is 0 Å². The third kappa shape index (κ3) is 88.3. The lowest BCUT2D eigenvalue weighted by atomic mass is 10.0. The van der Waals surface area contributed by atoms with Crippen molar-refractivity contribution in [2.75, 3.05) is 39.6 Å². The molecule has 0 aliphatic carbocycles. The highest BCUT2D eigenvalue weighted by Gasteiger charge is 2.29. The van der Waals surface area contributed by atoms with Crippen molar-refractivity contribution in [3.05, 3.63) is 134 Å². The number of unbranched alkanes of at least 4 members (excludes halogenated alkanes) is 41. The molecular weight excluding hydrogens is 1460 g/mol. The fourth-order valence-electron chi connectivity index (χ4n) is 12.4. The first-order valence-electron chi connectivity index (χ1n) is 45.5. The number of aliphatic hydroxyl groups excluding tert-OH is 2. The fourth-order valence-corrected chi connectivity index (χ4v) is 14.0. The second-order valence-electron chi connectivity index (χ2n) is 30.4. The molecule has 5 unspecified atom stereocenters. The third-order valence-corrected chi connectivity index (χ3v) is 21.2. The lowest BCUT2D eigenvalue weighted by Gasteiger charge is -2.21. The average molecular weight is 1630 g/mol. The van der Waals surface area contributed by atoms with E-state index in [0.29, 0.717) is 19.3 Å². The fraction of sp³-hybridized carbons (Fsp3) is 0.737. The first-order chi connectivity index (χ1) is 55.2. The summed E-state index contributed by atoms with van der Waals surface area (Å²) in [6.45, 7) is 2.54. The molecule has 16 nitrogen and oxygen atoms in total. The summed E-state index contributed by atoms with van der Waals surface area (Å²) in [6.07, 6.45) is 108. The Morgan fingerprint density at radius 1 is 0.257 bits per heavy atom. The maximum absolute atomic E-state index is 13.0. The number of rotatable bonds is 86. The predicted octanol–water partition coefficient (Wildman–Crippen LogP) is 27.8. The summed E-state index contributed by atoms with van der Waals surface area (Å²) in [5.74, 6) is -1.58. The van der Waals surface area contributed by atoms with Gasteiger partial charge >= 0.3 is 33.6 Å². The summed E-state index contributed by atoms with van der Waals surface area (Å²) in [7, 11) is -9.80. The molecule has 0 aliphatic rings. The van der Waals surface area contributed by atoms with E-state index in [9.17, 15) is 43.5 Å². The van der Waals surface area contributed by atoms with Gasteiger partial charge in [-0.05, 0) is 141 Å². The summed E-state index contributed by atoms with van der Waals surface area (Å²) >= 11 is 0. The second kappa shape index (κ2) is 87.0. The van der Waals surface area contributed by atoms with Crippen molar-refractivity contribution in [3.8, 4) is 0 Å². The zero-order chi connectivity index (χ0) is 82.2. The molecule has 0 radical (unpaired) electrons. The number of phosphoric acid groups is 2. The monoisotopic (exact) mass is 1630 g/mol. The number of carbonyl (C=O) groups is 3. The number of aliphatic hydroxyl groups is 2. The number of hydrogen-bond acceptors (Lipinski definition) is 14. The van der Waals surface area contributed by atoms with Crippen LogP contribution in [0.15, 0.2) is 134 Å². The third-order valence-electron chi connectivity index (χ3n) is 19.3. The molecule has 0 bridgehead atoms. The highest BCUT2D eigenvalue weighted by atomic mass is 31.2. The molecular formula is C95H166O16P2. The average Bonchev–Trinajstić information content (AvgIpc) is 0.864. The zero-order valence-corrected chi connectivity index (χ0v) is 73.6. The summed E-state index contributed by atoms with van der Waals surface area (Å²) in [5, 5.41) is 20.7. The Labute approximate surface area is 690 Å². The molecule has 5 atom stereocenters. The van der Waals surface area contributed by atoms with Gasteiger partial charge in [0.05, 0.1) is 26.4 Å². The molecule has 0 amide bonds. The quantitative estimate of drug-likeness (QED) is 0.0146. The van der Waals surface area contributed by atoms with E-state index in [2.05, 4.69) is 154 Å². The molecule has 18 heteroatoms. The molecule has 0 aromatic heterocycles. The van der Waals surface area contributed by atoms with Crippen LogP contribution in [0.25, 0.3) is 0 Å². The molecule has 0 aromatic rings. The highest BCUT2D eigenvalue weighted by Crippen LogP contribution is 2.45. The van der Waals surface area contributed by atoms with Gasteiger partial charge in [0, 0.05) is 19.3 Å². The van der Waals surface area contributed by atoms with Gasteiger partial charge in [0.15, 0.2) is 6.10 Å². The van der Waals surface area contributed by atoms with Gasteiger partial charge in [-0.1, -0.05) is 366 Å². The number of ether oxygens (including phenoxy) is 3. The van der Waals surface area contributed by atoms with Gasteiger partial charge in [-0.3, -0.25) is 32.5 Å². The number of hydrogen-bond donors (Lipinski definition) is 4. The second-order valence-corrected chi connectivity index (χ2v) is 33.3. The molecule has 0 spiro atoms. The number of allylic oxidation sites excluding steroid dienone is 22. The molecule has 0 aromatic carbocycles. The lowest BCUT2D eigenvalue weighted by molar-refractivity contribution is -0.161. The van der Waals surface area contributed by atoms with Crippen LogP contribution >= 0.6 is 15.6 Å². The Hall–Kier alpha value is -4.31. The van der Waals surface area contributed by atoms with E-state index in [4.69, 9.17) is 32.3 Å². The van der Waals surface area contributed by atoms with Crippen LogP contribution in [0.4, 0.5) is 0 Å². The van der Waals surface area contributed by atoms with Crippen LogP contribution in [0.1, 0.15) is 393 Å². The Balaban J connectivity index is 4.42. The Morgan fingerprint density at radius 3 is 0.743 bits per heavy atom. The van der Waals surface area contributed by atoms with Gasteiger partial charge in [0.25, 0.3) is 0 Å². The van der Waals surface area contributed by atoms with Gasteiger partial charge in [-0.2, -0.15) is 0 Å². The van der Waals surface area contributed by atoms with Crippen LogP contribution < -0.4 is 0 Å². The highest BCUT2D eigenvalue weighted by molar-refractivity contribution is 7.47. The van der Waals surface area contributed by atoms with Crippen LogP contribution in [0.3, 0.4) is 0 Å². The van der Waals surface area contributed by atoms with E-state index in [-0.39, 0.29) is 19.3 Å². The standard InChI is InChI=1S/C95H166O16P2/c1-4-7-10-13-16-19-22-25-28-30-32-34-36-38-40-41-42-43-44-45-46-47-49-51-52-54-56-58-61-63-66-69-72-75-78-81-93(98)105-84-90(96)85-107-112(101,102)108-86-91(97)87-109-113(103,104)110-89-92(111-95(100)83-80-77-74-71-68-65-60-27-24-21-18-15-12-9-6-3)88-106-94(99)82-79-76-73-70-67-64-62-59-57-55-53-50-48-39-37-35-33-31-29-26-23-20-17-14-11-8-5-2/h8,11,16-21,25-29,32-35,38-40,48,60,90-92,96-97H,4-7,9-10,12-15,22-24,30-31,36-37,41-47,49-59,61-89H2,1-3H3,(H,101,102)(H,103,104)/b11-8-,19-16-,20-17-,21-18-,28-25-,29-26-,34-32-,35-33-,40-38-,48-39-,60-27-. The normalized spacial score (nSPS) is 14.4. The Bertz CT molecular complexity index is 2580. The Kier molecular flexibility index (Phi) is 83.7. The minimum atomic E-state index is -4.94. The lowest BCUT2D eigenvalue weighted by Crippen LogP contribution is -2.30. The van der Waals surface area contributed by atoms with Crippen molar-refractivity contribution < 1.29 is 75.8 Å². The number of carbonyl (C=O) groups excluding carboxylic acids is 3. The molecule has 0 rings (SSSR count). The number of esters is 3. The SMILES string of the molecule is CC/C=C\C/C=C\C/C=C\C/C=C\C/C=C\CCCCCCCCCCCCCC(=O)OCC(COP(=O)(O)OCC(O)COP(=O)(O)OCC(O)COC(=O)CCCCCCCCCCCCCCCCCCCCC/C=C\C/C=C\C/C=C\C/C=C\CCCCC)OC(=O)CCCCCCC/C=C\C/C=C\CCCCC. The zero-order valence-electron chi connectivity index (χ0n) is 71.8. The topological polar surface area (TPSA) is 231 Å². The first-order valence-corrected chi connectivity index (χ1v) is 48.5. The van der Waals surface area contributed by atoms with Crippen molar-refractivity contribution in [1.29, 1.82) is 0 Å². The minimum absolute atomic E-state index is 0.0869. The van der Waals surface area contributed by atoms with Gasteiger partial charge in [0.1, 0.15) is 25.4 Å². The van der Waals surface area contributed by atoms with Crippen molar-refractivity contribution in [2.45, 2.75) is 411 Å². The minimum Gasteiger partial charge on any atom is -0.463 e. The molecule has 0 saturated carbocycles. The van der Waals surface area contributed by atoms with E-state index >= 15 is 0 Å². The molecule has 4 N–H and O–H groups in total. The Morgan fingerprint density at radius 2 is 0.469 bits per heavy atom. The molecule has 0 saturated heterocycles. The summed E-state index contributed by atoms with van der Waals surface area (Å²) < 4.78 is 61.4. The van der Waals surface area contributed by atoms with Crippen LogP contribution in [-0.4, -0.2) is 95.9 Å². The smallest absolute Gasteiger partial charge is 0.463 e. The van der Waals surface area contributed by atoms with E-state index in [1.807, 2.05) is 0 Å². The van der Waals surface area contributed by atoms with Crippen LogP contribution in [0.5, 0.6) is 0 Å². The van der Waals surface area contributed by atoms with Crippen molar-refractivity contribution in [2.24, 2.45) is 0 Å². The summed E-state index contributed by atoms with van der Waals surface area (Å²) in [5.41, 5.74) is 0. The maximum Gasteiger partial charge on any atom is 0.472 e. The van der Waals surface area contributed by atoms with E-state index in [1.54, 1.807) is 0 Å². The van der Waals surface area contributed by atoms with Gasteiger partial charge in [-0.15, -0.1) is 0 Å². The van der Waals surface area contributed by atoms with Crippen molar-refractivity contribution in [1.82, 2.24) is 0 Å². The maximum atomic E-state index is 13.0. The predicted molar refractivity (Wildman–Crippen MR) is 473 cm³/mol. The van der Waals surface area contributed by atoms with Crippen molar-refractivity contribution in [3.63, 3.8) is 0 Å². The molecule has 113 heavy (non-hydrogen) atoms. The van der Waals surface area contributed by atoms with Gasteiger partial charge < -0.3 is 34.2 Å². The first kappa shape index (κ1) is 109. The number of phosphoric ester groups is 2.